The van der Waals surface area contributed by atoms with Crippen LogP contribution in [0, 0.1) is 5.82 Å². The van der Waals surface area contributed by atoms with E-state index in [-0.39, 0.29) is 47.7 Å². The number of methoxy groups -OCH3 is 1. The number of para-hydroxylation sites is 1. The molecule has 0 bridgehead atoms. The number of carbonyl (C=O) groups is 3. The molecule has 0 aliphatic carbocycles. The molecule has 4 aromatic rings. The van der Waals surface area contributed by atoms with Crippen LogP contribution in [0.2, 0.25) is 5.02 Å². The van der Waals surface area contributed by atoms with Gasteiger partial charge in [-0.25, -0.2) is 9.37 Å². The lowest BCUT2D eigenvalue weighted by Gasteiger charge is -2.43. The van der Waals surface area contributed by atoms with Crippen molar-refractivity contribution in [3.8, 4) is 5.75 Å². The van der Waals surface area contributed by atoms with Crippen molar-refractivity contribution in [2.24, 2.45) is 0 Å². The van der Waals surface area contributed by atoms with Gasteiger partial charge in [-0.3, -0.25) is 34.1 Å². The molecular formula is C42H48ClFN9O7P. The van der Waals surface area contributed by atoms with E-state index in [1.165, 1.54) is 31.4 Å². The van der Waals surface area contributed by atoms with Crippen LogP contribution in [0.4, 0.5) is 33.2 Å². The largest absolute Gasteiger partial charge is 0.494 e. The van der Waals surface area contributed by atoms with Crippen LogP contribution in [0.15, 0.2) is 60.8 Å². The Hall–Kier alpha value is -5.16. The third-order valence-electron chi connectivity index (χ3n) is 11.9. The Kier molecular flexibility index (Phi) is 12.6. The van der Waals surface area contributed by atoms with Crippen molar-refractivity contribution in [3.63, 3.8) is 0 Å². The predicted octanol–water partition coefficient (Wildman–Crippen LogP) is 5.42. The topological polar surface area (TPSA) is 171 Å². The molecule has 1 aromatic heterocycles. The number of piperidine rings is 2. The molecule has 4 aliphatic heterocycles. The van der Waals surface area contributed by atoms with E-state index in [4.69, 9.17) is 25.4 Å². The second kappa shape index (κ2) is 18.1. The van der Waals surface area contributed by atoms with E-state index >= 15 is 4.39 Å². The second-order valence-electron chi connectivity index (χ2n) is 15.4. The molecule has 1 unspecified atom stereocenters. The second-order valence-corrected chi connectivity index (χ2v) is 18.0. The van der Waals surface area contributed by atoms with Gasteiger partial charge in [-0.2, -0.15) is 4.98 Å². The van der Waals surface area contributed by atoms with Crippen LogP contribution in [-0.2, 0) is 36.3 Å². The van der Waals surface area contributed by atoms with Gasteiger partial charge >= 0.3 is 7.60 Å². The fourth-order valence-electron chi connectivity index (χ4n) is 8.61. The summed E-state index contributed by atoms with van der Waals surface area (Å²) in [6.07, 6.45) is 3.91. The van der Waals surface area contributed by atoms with Gasteiger partial charge in [0, 0.05) is 102 Å². The van der Waals surface area contributed by atoms with E-state index in [1.54, 1.807) is 37.4 Å². The molecule has 3 aromatic carbocycles. The fraction of sp³-hybridized carbons (Fsp3) is 0.405. The van der Waals surface area contributed by atoms with Crippen molar-refractivity contribution >= 4 is 71.1 Å². The molecule has 3 fully saturated rings. The van der Waals surface area contributed by atoms with Crippen LogP contribution in [0.25, 0.3) is 0 Å². The maximum Gasteiger partial charge on any atom is 0.362 e. The van der Waals surface area contributed by atoms with Crippen LogP contribution < -0.4 is 30.9 Å². The van der Waals surface area contributed by atoms with Crippen molar-refractivity contribution in [1.29, 1.82) is 0 Å². The van der Waals surface area contributed by atoms with Crippen molar-refractivity contribution in [2.45, 2.75) is 50.9 Å². The molecule has 0 spiro atoms. The lowest BCUT2D eigenvalue weighted by molar-refractivity contribution is -0.136. The first-order chi connectivity index (χ1) is 29.5. The average molecular weight is 876 g/mol. The van der Waals surface area contributed by atoms with Gasteiger partial charge in [-0.15, -0.1) is 0 Å². The summed E-state index contributed by atoms with van der Waals surface area (Å²) in [5.41, 5.74) is 3.70. The number of hydrogen-bond acceptors (Lipinski definition) is 14. The average Bonchev–Trinajstić information content (AvgIpc) is 3.58. The minimum Gasteiger partial charge on any atom is -0.494 e. The number of imide groups is 1. The van der Waals surface area contributed by atoms with Crippen molar-refractivity contribution < 1.29 is 37.1 Å². The van der Waals surface area contributed by atoms with E-state index in [0.29, 0.717) is 52.0 Å². The van der Waals surface area contributed by atoms with Gasteiger partial charge in [0.2, 0.25) is 17.8 Å². The molecule has 8 rings (SSSR count). The minimum atomic E-state index is -3.57. The van der Waals surface area contributed by atoms with Crippen LogP contribution in [-0.4, -0.2) is 115 Å². The summed E-state index contributed by atoms with van der Waals surface area (Å²) in [4.78, 5) is 54.7. The summed E-state index contributed by atoms with van der Waals surface area (Å²) in [5.74, 6) is -0.439. The fourth-order valence-corrected chi connectivity index (χ4v) is 9.99. The Morgan fingerprint density at radius 2 is 1.67 bits per heavy atom. The van der Waals surface area contributed by atoms with Crippen molar-refractivity contribution in [1.82, 2.24) is 30.0 Å². The van der Waals surface area contributed by atoms with Gasteiger partial charge in [-0.1, -0.05) is 23.7 Å². The molecule has 3 N–H and O–H groups in total. The van der Waals surface area contributed by atoms with Crippen LogP contribution >= 0.6 is 19.2 Å². The van der Waals surface area contributed by atoms with Crippen molar-refractivity contribution in [2.75, 3.05) is 76.1 Å². The van der Waals surface area contributed by atoms with E-state index < -0.39 is 25.4 Å². The Morgan fingerprint density at radius 1 is 0.918 bits per heavy atom. The lowest BCUT2D eigenvalue weighted by atomic mass is 10.0. The molecule has 61 heavy (non-hydrogen) atoms. The summed E-state index contributed by atoms with van der Waals surface area (Å²) in [6.45, 7) is 5.79. The first kappa shape index (κ1) is 42.5. The van der Waals surface area contributed by atoms with Gasteiger partial charge in [0.05, 0.1) is 30.0 Å². The minimum absolute atomic E-state index is 0.171. The number of fused-ring (bicyclic) bond motifs is 1. The molecule has 5 heterocycles. The van der Waals surface area contributed by atoms with Gasteiger partial charge in [0.1, 0.15) is 22.6 Å². The third-order valence-corrected chi connectivity index (χ3v) is 14.2. The number of aromatic nitrogens is 2. The standard InChI is InChI=1S/C42H48ClFN9O7P/c1-58-36-21-29(8-9-33(36)47-42-45-23-31(43)39(49-42)46-34-6-4-5-7-37(34)61(57,59-2)60-3)51-14-12-28(13-15-51)52-18-16-50(17-19-52)24-27-20-26-25-53(41(56)30(26)22-32(27)44)35-10-11-38(54)48-40(35)55/h4-9,20-23,28,35H,10-19,24-25H2,1-3H3,(H,48,54,55)(H2,45,46,47,49). The maximum atomic E-state index is 15.4. The highest BCUT2D eigenvalue weighted by Crippen LogP contribution is 2.47. The summed E-state index contributed by atoms with van der Waals surface area (Å²) in [7, 11) is 0.690. The first-order valence-electron chi connectivity index (χ1n) is 20.2. The molecular weight excluding hydrogens is 828 g/mol. The number of piperazine rings is 1. The smallest absolute Gasteiger partial charge is 0.362 e. The third kappa shape index (κ3) is 8.94. The van der Waals surface area contributed by atoms with E-state index in [0.717, 1.165) is 57.8 Å². The zero-order valence-electron chi connectivity index (χ0n) is 34.2. The SMILES string of the molecule is COc1cc(N2CCC(N3CCN(Cc4cc5c(cc4F)C(=O)N(C4CCC(=O)NC4=O)C5)CC3)CC2)ccc1Nc1ncc(Cl)c(Nc2ccccc2P(=O)(OC)OC)n1. The monoisotopic (exact) mass is 875 g/mol. The van der Waals surface area contributed by atoms with E-state index in [1.807, 2.05) is 18.2 Å². The highest BCUT2D eigenvalue weighted by Gasteiger charge is 2.40. The number of rotatable bonds is 13. The number of benzene rings is 3. The Labute approximate surface area is 358 Å². The summed E-state index contributed by atoms with van der Waals surface area (Å²) >= 11 is 6.48. The molecule has 322 valence electrons. The Bertz CT molecular complexity index is 2370. The zero-order chi connectivity index (χ0) is 42.8. The van der Waals surface area contributed by atoms with Gasteiger partial charge < -0.3 is 34.2 Å². The normalized spacial score (nSPS) is 19.2. The highest BCUT2D eigenvalue weighted by molar-refractivity contribution is 7.62. The molecule has 0 saturated carbocycles. The number of ether oxygens (including phenoxy) is 1. The van der Waals surface area contributed by atoms with Gasteiger partial charge in [-0.05, 0) is 61.2 Å². The zero-order valence-corrected chi connectivity index (χ0v) is 35.8. The number of amides is 3. The lowest BCUT2D eigenvalue weighted by Crippen LogP contribution is -2.53. The van der Waals surface area contributed by atoms with Crippen LogP contribution in [0.1, 0.15) is 47.2 Å². The van der Waals surface area contributed by atoms with E-state index in [9.17, 15) is 18.9 Å². The van der Waals surface area contributed by atoms with Crippen LogP contribution in [0.3, 0.4) is 0 Å². The predicted molar refractivity (Wildman–Crippen MR) is 229 cm³/mol. The van der Waals surface area contributed by atoms with Crippen LogP contribution in [0.5, 0.6) is 5.75 Å². The number of nitrogens with one attached hydrogen (secondary N) is 3. The quantitative estimate of drug-likeness (QED) is 0.115. The van der Waals surface area contributed by atoms with Gasteiger partial charge in [0.25, 0.3) is 5.91 Å². The maximum absolute atomic E-state index is 15.4. The number of halogens is 2. The van der Waals surface area contributed by atoms with Crippen molar-refractivity contribution in [3.05, 3.63) is 88.3 Å². The number of hydrogen-bond donors (Lipinski definition) is 3. The molecule has 4 aliphatic rings. The number of carbonyl (C=O) groups excluding carboxylic acids is 3. The molecule has 1 atom stereocenters. The van der Waals surface area contributed by atoms with Gasteiger partial charge in [0.15, 0.2) is 5.82 Å². The summed E-state index contributed by atoms with van der Waals surface area (Å²) in [6, 6.07) is 15.7. The Balaban J connectivity index is 0.838. The number of anilines is 5. The summed E-state index contributed by atoms with van der Waals surface area (Å²) in [5, 5.41) is 9.28. The van der Waals surface area contributed by atoms with E-state index in [2.05, 4.69) is 40.6 Å². The highest BCUT2D eigenvalue weighted by atomic mass is 35.5. The molecule has 16 nitrogen and oxygen atoms in total. The molecule has 3 saturated heterocycles. The molecule has 19 heteroatoms. The number of nitrogens with zero attached hydrogens (tertiary/aromatic N) is 6. The molecule has 0 radical (unpaired) electrons. The summed E-state index contributed by atoms with van der Waals surface area (Å²) < 4.78 is 44.8. The first-order valence-corrected chi connectivity index (χ1v) is 22.1. The Morgan fingerprint density at radius 3 is 2.39 bits per heavy atom. The molecule has 3 amide bonds.